The number of nitrogens with zero attached hydrogens (tertiary/aromatic N) is 2. The summed E-state index contributed by atoms with van der Waals surface area (Å²) in [5.41, 5.74) is 9.11. The van der Waals surface area contributed by atoms with E-state index in [1.54, 1.807) is 0 Å². The number of rotatable bonds is 3. The third-order valence-corrected chi connectivity index (χ3v) is 4.66. The van der Waals surface area contributed by atoms with Crippen molar-refractivity contribution < 1.29 is 0 Å². The highest BCUT2D eigenvalue weighted by atomic mass is 35.5. The summed E-state index contributed by atoms with van der Waals surface area (Å²) in [5, 5.41) is 1.79. The standard InChI is InChI=1S/C17H22ClN3/c1-12-4-5-14-8-15(17(18)20-16(14)7-12)11-21-6-2-3-13(9-19)10-21/h4-5,7-8,13H,2-3,6,9-11,19H2,1H3. The average Bonchev–Trinajstić information content (AvgIpc) is 2.48. The van der Waals surface area contributed by atoms with E-state index in [1.807, 2.05) is 0 Å². The van der Waals surface area contributed by atoms with Gasteiger partial charge in [0.05, 0.1) is 5.52 Å². The lowest BCUT2D eigenvalue weighted by atomic mass is 9.98. The Morgan fingerprint density at radius 1 is 1.38 bits per heavy atom. The van der Waals surface area contributed by atoms with Gasteiger partial charge in [-0.2, -0.15) is 0 Å². The van der Waals surface area contributed by atoms with Gasteiger partial charge in [-0.05, 0) is 56.5 Å². The van der Waals surface area contributed by atoms with Gasteiger partial charge in [-0.1, -0.05) is 23.7 Å². The van der Waals surface area contributed by atoms with Crippen molar-refractivity contribution in [2.45, 2.75) is 26.3 Å². The van der Waals surface area contributed by atoms with Crippen LogP contribution in [0.4, 0.5) is 0 Å². The number of benzene rings is 1. The molecule has 0 spiro atoms. The molecule has 2 heterocycles. The van der Waals surface area contributed by atoms with E-state index in [0.29, 0.717) is 11.1 Å². The van der Waals surface area contributed by atoms with Crippen LogP contribution < -0.4 is 5.73 Å². The molecule has 1 unspecified atom stereocenters. The van der Waals surface area contributed by atoms with Gasteiger partial charge in [-0.3, -0.25) is 4.90 Å². The fourth-order valence-corrected chi connectivity index (χ4v) is 3.34. The van der Waals surface area contributed by atoms with Crippen LogP contribution in [0.15, 0.2) is 24.3 Å². The monoisotopic (exact) mass is 303 g/mol. The highest BCUT2D eigenvalue weighted by Gasteiger charge is 2.19. The van der Waals surface area contributed by atoms with Crippen LogP contribution in [-0.4, -0.2) is 29.5 Å². The van der Waals surface area contributed by atoms with Crippen LogP contribution in [0.5, 0.6) is 0 Å². The molecule has 3 nitrogen and oxygen atoms in total. The van der Waals surface area contributed by atoms with Crippen molar-refractivity contribution in [2.75, 3.05) is 19.6 Å². The largest absolute Gasteiger partial charge is 0.330 e. The Hall–Kier alpha value is -1.16. The molecule has 1 aliphatic rings. The number of hydrogen-bond acceptors (Lipinski definition) is 3. The highest BCUT2D eigenvalue weighted by molar-refractivity contribution is 6.30. The van der Waals surface area contributed by atoms with E-state index in [0.717, 1.165) is 42.6 Å². The molecule has 0 amide bonds. The summed E-state index contributed by atoms with van der Waals surface area (Å²) >= 11 is 6.38. The summed E-state index contributed by atoms with van der Waals surface area (Å²) < 4.78 is 0. The fraction of sp³-hybridized carbons (Fsp3) is 0.471. The van der Waals surface area contributed by atoms with Crippen molar-refractivity contribution in [3.63, 3.8) is 0 Å². The Labute approximate surface area is 131 Å². The minimum Gasteiger partial charge on any atom is -0.330 e. The van der Waals surface area contributed by atoms with Crippen molar-refractivity contribution >= 4 is 22.5 Å². The maximum atomic E-state index is 6.38. The first-order chi connectivity index (χ1) is 10.2. The highest BCUT2D eigenvalue weighted by Crippen LogP contribution is 2.24. The molecule has 2 N–H and O–H groups in total. The van der Waals surface area contributed by atoms with Crippen LogP contribution >= 0.6 is 11.6 Å². The van der Waals surface area contributed by atoms with Gasteiger partial charge in [0.15, 0.2) is 0 Å². The van der Waals surface area contributed by atoms with Gasteiger partial charge in [-0.15, -0.1) is 0 Å². The quantitative estimate of drug-likeness (QED) is 0.884. The zero-order chi connectivity index (χ0) is 14.8. The molecule has 1 fully saturated rings. The van der Waals surface area contributed by atoms with E-state index >= 15 is 0 Å². The number of halogens is 1. The lowest BCUT2D eigenvalue weighted by Gasteiger charge is -2.32. The summed E-state index contributed by atoms with van der Waals surface area (Å²) in [5.74, 6) is 0.619. The van der Waals surface area contributed by atoms with Crippen molar-refractivity contribution in [1.82, 2.24) is 9.88 Å². The number of pyridine rings is 1. The maximum absolute atomic E-state index is 6.38. The van der Waals surface area contributed by atoms with E-state index < -0.39 is 0 Å². The molecule has 0 saturated carbocycles. The molecule has 1 aromatic carbocycles. The summed E-state index contributed by atoms with van der Waals surface area (Å²) in [6.07, 6.45) is 2.47. The lowest BCUT2D eigenvalue weighted by molar-refractivity contribution is 0.171. The Morgan fingerprint density at radius 3 is 3.05 bits per heavy atom. The molecule has 1 aliphatic heterocycles. The maximum Gasteiger partial charge on any atom is 0.134 e. The third kappa shape index (κ3) is 3.37. The van der Waals surface area contributed by atoms with E-state index in [1.165, 1.54) is 18.4 Å². The molecule has 1 aromatic heterocycles. The SMILES string of the molecule is Cc1ccc2cc(CN3CCCC(CN)C3)c(Cl)nc2c1. The fourth-order valence-electron chi connectivity index (χ4n) is 3.14. The number of aromatic nitrogens is 1. The number of nitrogens with two attached hydrogens (primary N) is 1. The lowest BCUT2D eigenvalue weighted by Crippen LogP contribution is -2.37. The normalized spacial score (nSPS) is 20.0. The summed E-state index contributed by atoms with van der Waals surface area (Å²) in [6, 6.07) is 8.50. The van der Waals surface area contributed by atoms with Gasteiger partial charge >= 0.3 is 0 Å². The first-order valence-corrected chi connectivity index (χ1v) is 8.01. The van der Waals surface area contributed by atoms with Crippen LogP contribution in [0, 0.1) is 12.8 Å². The van der Waals surface area contributed by atoms with Gasteiger partial charge in [-0.25, -0.2) is 4.98 Å². The molecular formula is C17H22ClN3. The zero-order valence-corrected chi connectivity index (χ0v) is 13.2. The molecule has 3 rings (SSSR count). The number of likely N-dealkylation sites (tertiary alicyclic amines) is 1. The predicted molar refractivity (Wildman–Crippen MR) is 88.5 cm³/mol. The van der Waals surface area contributed by atoms with Crippen molar-refractivity contribution in [1.29, 1.82) is 0 Å². The first kappa shape index (κ1) is 14.8. The first-order valence-electron chi connectivity index (χ1n) is 7.64. The van der Waals surface area contributed by atoms with Crippen LogP contribution in [0.3, 0.4) is 0 Å². The zero-order valence-electron chi connectivity index (χ0n) is 12.5. The second-order valence-electron chi connectivity index (χ2n) is 6.11. The van der Waals surface area contributed by atoms with E-state index in [9.17, 15) is 0 Å². The van der Waals surface area contributed by atoms with Gasteiger partial charge in [0.25, 0.3) is 0 Å². The molecule has 0 aliphatic carbocycles. The van der Waals surface area contributed by atoms with E-state index in [-0.39, 0.29) is 0 Å². The number of piperidine rings is 1. The summed E-state index contributed by atoms with van der Waals surface area (Å²) in [7, 11) is 0. The second-order valence-corrected chi connectivity index (χ2v) is 6.47. The molecule has 112 valence electrons. The van der Waals surface area contributed by atoms with Gasteiger partial charge in [0.1, 0.15) is 5.15 Å². The molecule has 2 aromatic rings. The molecular weight excluding hydrogens is 282 g/mol. The Morgan fingerprint density at radius 2 is 2.24 bits per heavy atom. The minimum atomic E-state index is 0.619. The summed E-state index contributed by atoms with van der Waals surface area (Å²) in [4.78, 5) is 7.00. The van der Waals surface area contributed by atoms with Crippen LogP contribution in [0.2, 0.25) is 5.15 Å². The van der Waals surface area contributed by atoms with Crippen LogP contribution in [-0.2, 0) is 6.54 Å². The smallest absolute Gasteiger partial charge is 0.134 e. The molecule has 0 bridgehead atoms. The number of fused-ring (bicyclic) bond motifs is 1. The Bertz CT molecular complexity index is 641. The molecule has 1 atom stereocenters. The van der Waals surface area contributed by atoms with Crippen molar-refractivity contribution in [2.24, 2.45) is 11.7 Å². The van der Waals surface area contributed by atoms with Crippen molar-refractivity contribution in [3.05, 3.63) is 40.5 Å². The second kappa shape index (κ2) is 6.30. The van der Waals surface area contributed by atoms with Gasteiger partial charge in [0.2, 0.25) is 0 Å². The van der Waals surface area contributed by atoms with E-state index in [4.69, 9.17) is 17.3 Å². The van der Waals surface area contributed by atoms with Gasteiger partial charge in [0, 0.05) is 24.0 Å². The topological polar surface area (TPSA) is 42.1 Å². The Balaban J connectivity index is 1.83. The van der Waals surface area contributed by atoms with Gasteiger partial charge < -0.3 is 5.73 Å². The third-order valence-electron chi connectivity index (χ3n) is 4.33. The number of aryl methyl sites for hydroxylation is 1. The van der Waals surface area contributed by atoms with Crippen LogP contribution in [0.25, 0.3) is 10.9 Å². The minimum absolute atomic E-state index is 0.619. The molecule has 1 saturated heterocycles. The van der Waals surface area contributed by atoms with Crippen molar-refractivity contribution in [3.8, 4) is 0 Å². The van der Waals surface area contributed by atoms with E-state index in [2.05, 4.69) is 41.1 Å². The molecule has 4 heteroatoms. The average molecular weight is 304 g/mol. The van der Waals surface area contributed by atoms with Crippen LogP contribution in [0.1, 0.15) is 24.0 Å². The Kier molecular flexibility index (Phi) is 4.43. The summed E-state index contributed by atoms with van der Waals surface area (Å²) in [6.45, 7) is 5.91. The predicted octanol–water partition coefficient (Wildman–Crippen LogP) is 3.37. The molecule has 0 radical (unpaired) electrons. The number of hydrogen-bond donors (Lipinski definition) is 1. The molecule has 21 heavy (non-hydrogen) atoms.